The van der Waals surface area contributed by atoms with Crippen molar-refractivity contribution < 1.29 is 14.7 Å². The van der Waals surface area contributed by atoms with Crippen molar-refractivity contribution in [1.29, 1.82) is 0 Å². The first-order valence-corrected chi connectivity index (χ1v) is 9.00. The number of carbonyl (C=O) groups excluding carboxylic acids is 1. The molecule has 1 aliphatic carbocycles. The third-order valence-electron chi connectivity index (χ3n) is 4.79. The fourth-order valence-corrected chi connectivity index (χ4v) is 4.55. The van der Waals surface area contributed by atoms with Crippen molar-refractivity contribution in [2.75, 3.05) is 25.1 Å². The first-order chi connectivity index (χ1) is 10.1. The molecule has 0 spiro atoms. The van der Waals surface area contributed by atoms with Gasteiger partial charge in [0.1, 0.15) is 0 Å². The topological polar surface area (TPSA) is 69.6 Å². The summed E-state index contributed by atoms with van der Waals surface area (Å²) in [6.45, 7) is 0.682. The summed E-state index contributed by atoms with van der Waals surface area (Å²) in [5.74, 6) is 0.957. The Hall–Kier alpha value is -0.750. The highest BCUT2D eigenvalue weighted by Crippen LogP contribution is 2.32. The van der Waals surface area contributed by atoms with Crippen LogP contribution in [-0.2, 0) is 9.59 Å². The van der Waals surface area contributed by atoms with E-state index in [1.54, 1.807) is 11.8 Å². The van der Waals surface area contributed by atoms with Crippen LogP contribution in [0.3, 0.4) is 0 Å². The molecule has 1 saturated heterocycles. The van der Waals surface area contributed by atoms with Gasteiger partial charge < -0.3 is 15.3 Å². The maximum Gasteiger partial charge on any atom is 0.305 e. The van der Waals surface area contributed by atoms with E-state index < -0.39 is 5.97 Å². The Labute approximate surface area is 130 Å². The van der Waals surface area contributed by atoms with Gasteiger partial charge in [-0.15, -0.1) is 0 Å². The molecule has 120 valence electrons. The van der Waals surface area contributed by atoms with Crippen molar-refractivity contribution in [2.24, 2.45) is 0 Å². The van der Waals surface area contributed by atoms with Crippen LogP contribution in [0.15, 0.2) is 0 Å². The van der Waals surface area contributed by atoms with Crippen LogP contribution >= 0.6 is 11.8 Å². The number of thioether (sulfide) groups is 1. The van der Waals surface area contributed by atoms with E-state index in [0.29, 0.717) is 13.0 Å². The molecule has 1 heterocycles. The summed E-state index contributed by atoms with van der Waals surface area (Å²) in [4.78, 5) is 25.5. The Morgan fingerprint density at radius 2 is 2.05 bits per heavy atom. The summed E-state index contributed by atoms with van der Waals surface area (Å²) in [6.07, 6.45) is 6.24. The first kappa shape index (κ1) is 16.6. The second-order valence-corrected chi connectivity index (χ2v) is 7.33. The Bertz CT molecular complexity index is 383. The zero-order valence-electron chi connectivity index (χ0n) is 12.8. The van der Waals surface area contributed by atoms with Gasteiger partial charge in [-0.1, -0.05) is 19.3 Å². The minimum atomic E-state index is -0.818. The molecule has 2 aliphatic rings. The molecule has 1 amide bonds. The molecule has 1 aliphatic heterocycles. The molecule has 2 N–H and O–H groups in total. The second kappa shape index (κ2) is 7.49. The van der Waals surface area contributed by atoms with E-state index in [2.05, 4.69) is 5.32 Å². The number of rotatable bonds is 5. The maximum absolute atomic E-state index is 12.7. The Morgan fingerprint density at radius 1 is 1.33 bits per heavy atom. The van der Waals surface area contributed by atoms with Crippen molar-refractivity contribution >= 4 is 23.6 Å². The zero-order valence-corrected chi connectivity index (χ0v) is 13.6. The molecule has 0 bridgehead atoms. The predicted molar refractivity (Wildman–Crippen MR) is 84.6 cm³/mol. The molecule has 2 rings (SSSR count). The minimum Gasteiger partial charge on any atom is -0.481 e. The number of nitrogens with zero attached hydrogens (tertiary/aromatic N) is 1. The Morgan fingerprint density at radius 3 is 2.67 bits per heavy atom. The SMILES string of the molecule is CNC1(CC(=O)N2CCSCC2CC(=O)O)CCCCC1. The van der Waals surface area contributed by atoms with E-state index in [1.807, 2.05) is 11.9 Å². The number of carboxylic acids is 1. The monoisotopic (exact) mass is 314 g/mol. The van der Waals surface area contributed by atoms with Gasteiger partial charge in [-0.05, 0) is 19.9 Å². The quantitative estimate of drug-likeness (QED) is 0.808. The number of nitrogens with one attached hydrogen (secondary N) is 1. The van der Waals surface area contributed by atoms with Crippen molar-refractivity contribution in [3.63, 3.8) is 0 Å². The first-order valence-electron chi connectivity index (χ1n) is 7.84. The van der Waals surface area contributed by atoms with Gasteiger partial charge in [-0.2, -0.15) is 11.8 Å². The lowest BCUT2D eigenvalue weighted by molar-refractivity contribution is -0.141. The van der Waals surface area contributed by atoms with Gasteiger partial charge in [0.15, 0.2) is 0 Å². The van der Waals surface area contributed by atoms with Gasteiger partial charge in [0.05, 0.1) is 12.5 Å². The van der Waals surface area contributed by atoms with Gasteiger partial charge in [0.25, 0.3) is 0 Å². The summed E-state index contributed by atoms with van der Waals surface area (Å²) >= 11 is 1.74. The van der Waals surface area contributed by atoms with Gasteiger partial charge in [0, 0.05) is 30.0 Å². The third-order valence-corrected chi connectivity index (χ3v) is 5.88. The lowest BCUT2D eigenvalue weighted by Gasteiger charge is -2.41. The second-order valence-electron chi connectivity index (χ2n) is 6.18. The number of amides is 1. The van der Waals surface area contributed by atoms with E-state index in [0.717, 1.165) is 24.3 Å². The standard InChI is InChI=1S/C15H26N2O3S/c1-16-15(5-3-2-4-6-15)10-13(18)17-7-8-21-11-12(17)9-14(19)20/h12,16H,2-11H2,1H3,(H,19,20). The van der Waals surface area contributed by atoms with E-state index in [-0.39, 0.29) is 23.9 Å². The van der Waals surface area contributed by atoms with Crippen molar-refractivity contribution in [1.82, 2.24) is 10.2 Å². The fourth-order valence-electron chi connectivity index (χ4n) is 3.49. The van der Waals surface area contributed by atoms with E-state index in [9.17, 15) is 9.59 Å². The van der Waals surface area contributed by atoms with Crippen LogP contribution in [-0.4, -0.2) is 58.6 Å². The molecule has 0 aromatic carbocycles. The molecule has 1 saturated carbocycles. The fraction of sp³-hybridized carbons (Fsp3) is 0.867. The molecule has 21 heavy (non-hydrogen) atoms. The highest BCUT2D eigenvalue weighted by molar-refractivity contribution is 7.99. The van der Waals surface area contributed by atoms with E-state index in [1.165, 1.54) is 19.3 Å². The maximum atomic E-state index is 12.7. The molecule has 0 radical (unpaired) electrons. The predicted octanol–water partition coefficient (Wildman–Crippen LogP) is 1.72. The lowest BCUT2D eigenvalue weighted by atomic mass is 9.79. The summed E-state index contributed by atoms with van der Waals surface area (Å²) in [5.41, 5.74) is -0.0757. The highest BCUT2D eigenvalue weighted by atomic mass is 32.2. The smallest absolute Gasteiger partial charge is 0.305 e. The van der Waals surface area contributed by atoms with Crippen molar-refractivity contribution in [3.05, 3.63) is 0 Å². The Balaban J connectivity index is 2.00. The van der Waals surface area contributed by atoms with Gasteiger partial charge >= 0.3 is 5.97 Å². The molecule has 6 heteroatoms. The molecular formula is C15H26N2O3S. The van der Waals surface area contributed by atoms with Crippen LogP contribution in [0.4, 0.5) is 0 Å². The molecular weight excluding hydrogens is 288 g/mol. The number of carbonyl (C=O) groups is 2. The molecule has 0 aromatic rings. The van der Waals surface area contributed by atoms with Crippen LogP contribution in [0.2, 0.25) is 0 Å². The average molecular weight is 314 g/mol. The number of aliphatic carboxylic acids is 1. The molecule has 5 nitrogen and oxygen atoms in total. The van der Waals surface area contributed by atoms with Crippen LogP contribution in [0.25, 0.3) is 0 Å². The van der Waals surface area contributed by atoms with E-state index >= 15 is 0 Å². The van der Waals surface area contributed by atoms with Crippen LogP contribution < -0.4 is 5.32 Å². The molecule has 1 atom stereocenters. The largest absolute Gasteiger partial charge is 0.481 e. The van der Waals surface area contributed by atoms with Gasteiger partial charge in [-0.3, -0.25) is 9.59 Å². The lowest BCUT2D eigenvalue weighted by Crippen LogP contribution is -2.53. The van der Waals surface area contributed by atoms with Crippen LogP contribution in [0.1, 0.15) is 44.9 Å². The van der Waals surface area contributed by atoms with Gasteiger partial charge in [-0.25, -0.2) is 0 Å². The number of hydrogen-bond donors (Lipinski definition) is 2. The third kappa shape index (κ3) is 4.36. The summed E-state index contributed by atoms with van der Waals surface area (Å²) in [5, 5.41) is 12.4. The average Bonchev–Trinajstić information content (AvgIpc) is 2.48. The van der Waals surface area contributed by atoms with Crippen LogP contribution in [0, 0.1) is 0 Å². The normalized spacial score (nSPS) is 25.6. The summed E-state index contributed by atoms with van der Waals surface area (Å²) < 4.78 is 0. The molecule has 2 fully saturated rings. The molecule has 0 aromatic heterocycles. The highest BCUT2D eigenvalue weighted by Gasteiger charge is 2.36. The zero-order chi connectivity index (χ0) is 15.3. The number of hydrogen-bond acceptors (Lipinski definition) is 4. The molecule has 1 unspecified atom stereocenters. The van der Waals surface area contributed by atoms with Gasteiger partial charge in [0.2, 0.25) is 5.91 Å². The minimum absolute atomic E-state index is 0.0608. The van der Waals surface area contributed by atoms with Crippen molar-refractivity contribution in [2.45, 2.75) is 56.5 Å². The number of carboxylic acid groups (broad SMARTS) is 1. The van der Waals surface area contributed by atoms with Crippen LogP contribution in [0.5, 0.6) is 0 Å². The summed E-state index contributed by atoms with van der Waals surface area (Å²) in [7, 11) is 1.94. The summed E-state index contributed by atoms with van der Waals surface area (Å²) in [6, 6.07) is -0.147. The van der Waals surface area contributed by atoms with Crippen molar-refractivity contribution in [3.8, 4) is 0 Å². The Kier molecular flexibility index (Phi) is 5.93. The van der Waals surface area contributed by atoms with E-state index in [4.69, 9.17) is 5.11 Å².